The number of nitrogens with zero attached hydrogens (tertiary/aromatic N) is 2. The van der Waals surface area contributed by atoms with E-state index in [1.54, 1.807) is 0 Å². The second kappa shape index (κ2) is 5.75. The summed E-state index contributed by atoms with van der Waals surface area (Å²) in [6, 6.07) is 7.89. The minimum absolute atomic E-state index is 0.440. The van der Waals surface area contributed by atoms with Crippen LogP contribution in [0.5, 0.6) is 5.75 Å². The molecule has 0 saturated heterocycles. The minimum Gasteiger partial charge on any atom is -0.494 e. The van der Waals surface area contributed by atoms with Crippen molar-refractivity contribution in [1.29, 1.82) is 0 Å². The number of nitrogens with two attached hydrogens (primary N) is 1. The van der Waals surface area contributed by atoms with Crippen molar-refractivity contribution < 1.29 is 4.74 Å². The van der Waals surface area contributed by atoms with Gasteiger partial charge in [-0.15, -0.1) is 10.2 Å². The van der Waals surface area contributed by atoms with E-state index < -0.39 is 0 Å². The average molecular weight is 249 g/mol. The van der Waals surface area contributed by atoms with Crippen LogP contribution in [-0.2, 0) is 6.54 Å². The van der Waals surface area contributed by atoms with Crippen LogP contribution >= 0.6 is 11.3 Å². The van der Waals surface area contributed by atoms with Crippen molar-refractivity contribution in [3.63, 3.8) is 0 Å². The molecule has 5 heteroatoms. The molecule has 0 unspecified atom stereocenters. The minimum atomic E-state index is 0.440. The smallest absolute Gasteiger partial charge is 0.147 e. The Bertz CT molecular complexity index is 467. The Morgan fingerprint density at radius 3 is 2.59 bits per heavy atom. The molecule has 2 rings (SSSR count). The zero-order chi connectivity index (χ0) is 12.1. The fourth-order valence-corrected chi connectivity index (χ4v) is 2.09. The molecule has 2 aromatic rings. The summed E-state index contributed by atoms with van der Waals surface area (Å²) in [4.78, 5) is 0. The van der Waals surface area contributed by atoms with Crippen molar-refractivity contribution in [3.05, 3.63) is 29.3 Å². The maximum atomic E-state index is 5.52. The Morgan fingerprint density at radius 2 is 2.00 bits per heavy atom. The van der Waals surface area contributed by atoms with Gasteiger partial charge in [0.1, 0.15) is 15.8 Å². The first-order valence-corrected chi connectivity index (χ1v) is 6.41. The third-order valence-corrected chi connectivity index (χ3v) is 3.21. The van der Waals surface area contributed by atoms with Crippen molar-refractivity contribution >= 4 is 11.3 Å². The van der Waals surface area contributed by atoms with Gasteiger partial charge < -0.3 is 10.5 Å². The molecule has 90 valence electrons. The average Bonchev–Trinajstić information content (AvgIpc) is 2.86. The van der Waals surface area contributed by atoms with Crippen LogP contribution in [-0.4, -0.2) is 16.8 Å². The highest BCUT2D eigenvalue weighted by molar-refractivity contribution is 7.14. The second-order valence-electron chi connectivity index (χ2n) is 3.58. The summed E-state index contributed by atoms with van der Waals surface area (Å²) in [5, 5.41) is 9.84. The Morgan fingerprint density at radius 1 is 1.24 bits per heavy atom. The van der Waals surface area contributed by atoms with Gasteiger partial charge in [0.05, 0.1) is 6.61 Å². The van der Waals surface area contributed by atoms with E-state index in [4.69, 9.17) is 10.5 Å². The van der Waals surface area contributed by atoms with E-state index in [0.29, 0.717) is 6.54 Å². The van der Waals surface area contributed by atoms with Gasteiger partial charge in [0.2, 0.25) is 0 Å². The lowest BCUT2D eigenvalue weighted by atomic mass is 10.2. The molecule has 2 N–H and O–H groups in total. The normalized spacial score (nSPS) is 10.5. The highest BCUT2D eigenvalue weighted by atomic mass is 32.1. The van der Waals surface area contributed by atoms with E-state index in [9.17, 15) is 0 Å². The Kier molecular flexibility index (Phi) is 4.06. The molecule has 17 heavy (non-hydrogen) atoms. The molecule has 0 amide bonds. The zero-order valence-corrected chi connectivity index (χ0v) is 10.5. The van der Waals surface area contributed by atoms with Crippen LogP contribution in [0.2, 0.25) is 0 Å². The highest BCUT2D eigenvalue weighted by Crippen LogP contribution is 2.25. The summed E-state index contributed by atoms with van der Waals surface area (Å²) in [7, 11) is 0. The van der Waals surface area contributed by atoms with Crippen LogP contribution in [0.4, 0.5) is 0 Å². The first kappa shape index (κ1) is 12.0. The summed E-state index contributed by atoms with van der Waals surface area (Å²) in [5.74, 6) is 0.888. The third kappa shape index (κ3) is 3.01. The quantitative estimate of drug-likeness (QED) is 0.884. The molecular formula is C12H15N3OS. The van der Waals surface area contributed by atoms with Crippen molar-refractivity contribution in [2.45, 2.75) is 19.9 Å². The highest BCUT2D eigenvalue weighted by Gasteiger charge is 2.05. The SMILES string of the molecule is CCCOc1ccc(-c2nnc(CN)s2)cc1. The van der Waals surface area contributed by atoms with Crippen LogP contribution in [0.25, 0.3) is 10.6 Å². The number of aromatic nitrogens is 2. The first-order chi connectivity index (χ1) is 8.33. The van der Waals surface area contributed by atoms with E-state index >= 15 is 0 Å². The van der Waals surface area contributed by atoms with E-state index in [1.807, 2.05) is 24.3 Å². The number of benzene rings is 1. The van der Waals surface area contributed by atoms with Gasteiger partial charge in [0.15, 0.2) is 0 Å². The summed E-state index contributed by atoms with van der Waals surface area (Å²) < 4.78 is 5.52. The summed E-state index contributed by atoms with van der Waals surface area (Å²) in [5.41, 5.74) is 6.56. The van der Waals surface area contributed by atoms with Gasteiger partial charge in [-0.1, -0.05) is 18.3 Å². The van der Waals surface area contributed by atoms with Gasteiger partial charge in [-0.05, 0) is 30.7 Å². The Labute approximate surface area is 104 Å². The maximum absolute atomic E-state index is 5.52. The maximum Gasteiger partial charge on any atom is 0.147 e. The molecule has 0 fully saturated rings. The van der Waals surface area contributed by atoms with Crippen molar-refractivity contribution in [1.82, 2.24) is 10.2 Å². The fraction of sp³-hybridized carbons (Fsp3) is 0.333. The summed E-state index contributed by atoms with van der Waals surface area (Å²) >= 11 is 1.52. The van der Waals surface area contributed by atoms with Gasteiger partial charge in [0.25, 0.3) is 0 Å². The summed E-state index contributed by atoms with van der Waals surface area (Å²) in [6.45, 7) is 3.27. The van der Waals surface area contributed by atoms with E-state index in [1.165, 1.54) is 11.3 Å². The third-order valence-electron chi connectivity index (χ3n) is 2.22. The van der Waals surface area contributed by atoms with Crippen molar-refractivity contribution in [2.75, 3.05) is 6.61 Å². The lowest BCUT2D eigenvalue weighted by Crippen LogP contribution is -1.94. The lowest BCUT2D eigenvalue weighted by Gasteiger charge is -2.04. The van der Waals surface area contributed by atoms with Crippen LogP contribution < -0.4 is 10.5 Å². The molecule has 4 nitrogen and oxygen atoms in total. The molecule has 0 aliphatic heterocycles. The Balaban J connectivity index is 2.11. The Hall–Kier alpha value is -1.46. The van der Waals surface area contributed by atoms with Gasteiger partial charge >= 0.3 is 0 Å². The largest absolute Gasteiger partial charge is 0.494 e. The second-order valence-corrected chi connectivity index (χ2v) is 4.64. The number of rotatable bonds is 5. The lowest BCUT2D eigenvalue weighted by molar-refractivity contribution is 0.317. The van der Waals surface area contributed by atoms with Crippen molar-refractivity contribution in [2.24, 2.45) is 5.73 Å². The number of ether oxygens (including phenoxy) is 1. The fourth-order valence-electron chi connectivity index (χ4n) is 1.37. The molecule has 0 bridgehead atoms. The van der Waals surface area contributed by atoms with Crippen LogP contribution in [0, 0.1) is 0 Å². The molecular weight excluding hydrogens is 234 g/mol. The topological polar surface area (TPSA) is 61.0 Å². The molecule has 0 spiro atoms. The number of hydrogen-bond donors (Lipinski definition) is 1. The van der Waals surface area contributed by atoms with E-state index in [0.717, 1.165) is 34.4 Å². The van der Waals surface area contributed by atoms with Gasteiger partial charge in [0, 0.05) is 12.1 Å². The molecule has 1 aromatic carbocycles. The standard InChI is InChI=1S/C12H15N3OS/c1-2-7-16-10-5-3-9(4-6-10)12-15-14-11(8-13)17-12/h3-6H,2,7-8,13H2,1H3. The predicted molar refractivity (Wildman–Crippen MR) is 69.0 cm³/mol. The van der Waals surface area contributed by atoms with Gasteiger partial charge in [-0.25, -0.2) is 0 Å². The van der Waals surface area contributed by atoms with Crippen LogP contribution in [0.15, 0.2) is 24.3 Å². The zero-order valence-electron chi connectivity index (χ0n) is 9.72. The molecule has 1 heterocycles. The molecule has 0 aliphatic rings. The molecule has 0 aliphatic carbocycles. The van der Waals surface area contributed by atoms with Crippen LogP contribution in [0.1, 0.15) is 18.4 Å². The van der Waals surface area contributed by atoms with Gasteiger partial charge in [-0.3, -0.25) is 0 Å². The van der Waals surface area contributed by atoms with Crippen LogP contribution in [0.3, 0.4) is 0 Å². The molecule has 0 saturated carbocycles. The molecule has 0 atom stereocenters. The first-order valence-electron chi connectivity index (χ1n) is 5.59. The van der Waals surface area contributed by atoms with Gasteiger partial charge in [-0.2, -0.15) is 0 Å². The molecule has 0 radical (unpaired) electrons. The summed E-state index contributed by atoms with van der Waals surface area (Å²) in [6.07, 6.45) is 1.01. The molecule has 1 aromatic heterocycles. The van der Waals surface area contributed by atoms with E-state index in [2.05, 4.69) is 17.1 Å². The van der Waals surface area contributed by atoms with Crippen molar-refractivity contribution in [3.8, 4) is 16.3 Å². The predicted octanol–water partition coefficient (Wildman–Crippen LogP) is 2.45. The number of hydrogen-bond acceptors (Lipinski definition) is 5. The monoisotopic (exact) mass is 249 g/mol. The van der Waals surface area contributed by atoms with E-state index in [-0.39, 0.29) is 0 Å².